The zero-order chi connectivity index (χ0) is 24.6. The molecule has 2 N–H and O–H groups in total. The Bertz CT molecular complexity index is 1140. The van der Waals surface area contributed by atoms with Crippen molar-refractivity contribution < 1.29 is 24.2 Å². The molecular formula is C26H30N4O5. The fourth-order valence-electron chi connectivity index (χ4n) is 5.15. The summed E-state index contributed by atoms with van der Waals surface area (Å²) in [5, 5.41) is 13.7. The number of nitrogens with one attached hydrogen (secondary N) is 1. The van der Waals surface area contributed by atoms with Gasteiger partial charge < -0.3 is 14.7 Å². The van der Waals surface area contributed by atoms with Crippen LogP contribution in [0.3, 0.4) is 0 Å². The van der Waals surface area contributed by atoms with Crippen LogP contribution in [0.1, 0.15) is 59.9 Å². The molecule has 1 atom stereocenters. The molecule has 1 aromatic heterocycles. The van der Waals surface area contributed by atoms with Gasteiger partial charge in [-0.25, -0.2) is 0 Å². The number of likely N-dealkylation sites (tertiary alicyclic amines) is 1. The van der Waals surface area contributed by atoms with Gasteiger partial charge in [-0.15, -0.1) is 0 Å². The lowest BCUT2D eigenvalue weighted by atomic mass is 9.87. The number of piperidine rings is 2. The minimum atomic E-state index is -1.06. The van der Waals surface area contributed by atoms with Crippen LogP contribution in [0, 0.1) is 0 Å². The van der Waals surface area contributed by atoms with Crippen molar-refractivity contribution in [1.82, 2.24) is 20.1 Å². The molecule has 1 unspecified atom stereocenters. The van der Waals surface area contributed by atoms with Crippen molar-refractivity contribution in [3.05, 3.63) is 58.9 Å². The third-order valence-electron chi connectivity index (χ3n) is 7.17. The molecule has 4 heterocycles. The van der Waals surface area contributed by atoms with Gasteiger partial charge in [0.05, 0.1) is 30.1 Å². The Morgan fingerprint density at radius 3 is 2.54 bits per heavy atom. The van der Waals surface area contributed by atoms with E-state index in [2.05, 4.69) is 27.3 Å². The van der Waals surface area contributed by atoms with E-state index >= 15 is 0 Å². The van der Waals surface area contributed by atoms with Gasteiger partial charge in [-0.05, 0) is 56.0 Å². The molecule has 184 valence electrons. The van der Waals surface area contributed by atoms with Crippen molar-refractivity contribution in [2.75, 3.05) is 19.7 Å². The molecule has 3 aliphatic rings. The summed E-state index contributed by atoms with van der Waals surface area (Å²) in [5.74, 6) is -0.152. The Labute approximate surface area is 204 Å². The summed E-state index contributed by atoms with van der Waals surface area (Å²) in [5.41, 5.74) is 1.73. The first-order chi connectivity index (χ1) is 16.9. The third-order valence-corrected chi connectivity index (χ3v) is 7.17. The first-order valence-corrected chi connectivity index (χ1v) is 12.2. The zero-order valence-corrected chi connectivity index (χ0v) is 19.8. The Hall–Kier alpha value is -3.30. The average molecular weight is 479 g/mol. The number of nitrogens with zero attached hydrogens (tertiary/aromatic N) is 3. The highest BCUT2D eigenvalue weighted by Crippen LogP contribution is 2.35. The van der Waals surface area contributed by atoms with Crippen molar-refractivity contribution in [1.29, 1.82) is 0 Å². The van der Waals surface area contributed by atoms with Crippen LogP contribution in [0.15, 0.2) is 36.4 Å². The Kier molecular flexibility index (Phi) is 6.29. The fourth-order valence-corrected chi connectivity index (χ4v) is 5.15. The fraction of sp³-hybridized carbons (Fsp3) is 0.462. The zero-order valence-electron chi connectivity index (χ0n) is 19.8. The molecule has 3 amide bonds. The Morgan fingerprint density at radius 2 is 1.86 bits per heavy atom. The van der Waals surface area contributed by atoms with Gasteiger partial charge >= 0.3 is 0 Å². The number of aliphatic hydroxyl groups is 1. The number of rotatable bonds is 6. The largest absolute Gasteiger partial charge is 0.494 e. The molecule has 0 aliphatic carbocycles. The highest BCUT2D eigenvalue weighted by atomic mass is 16.5. The van der Waals surface area contributed by atoms with E-state index < -0.39 is 17.6 Å². The first-order valence-electron chi connectivity index (χ1n) is 12.2. The lowest BCUT2D eigenvalue weighted by Crippen LogP contribution is -2.52. The average Bonchev–Trinajstić information content (AvgIpc) is 3.17. The van der Waals surface area contributed by atoms with E-state index in [0.717, 1.165) is 25.4 Å². The van der Waals surface area contributed by atoms with Crippen molar-refractivity contribution in [2.45, 2.75) is 57.3 Å². The number of ether oxygens (including phenoxy) is 1. The molecule has 0 radical (unpaired) electrons. The maximum atomic E-state index is 12.9. The first kappa shape index (κ1) is 23.4. The van der Waals surface area contributed by atoms with Gasteiger partial charge in [-0.2, -0.15) is 0 Å². The number of carbonyl (C=O) groups excluding carboxylic acids is 3. The van der Waals surface area contributed by atoms with E-state index in [4.69, 9.17) is 4.74 Å². The molecule has 3 aliphatic heterocycles. The van der Waals surface area contributed by atoms with E-state index in [9.17, 15) is 19.5 Å². The molecule has 9 nitrogen and oxygen atoms in total. The van der Waals surface area contributed by atoms with Crippen LogP contribution in [-0.2, 0) is 28.3 Å². The van der Waals surface area contributed by atoms with Crippen molar-refractivity contribution in [3.63, 3.8) is 0 Å². The second kappa shape index (κ2) is 9.39. The molecule has 2 saturated heterocycles. The Morgan fingerprint density at radius 1 is 1.11 bits per heavy atom. The summed E-state index contributed by atoms with van der Waals surface area (Å²) in [4.78, 5) is 45.1. The predicted octanol–water partition coefficient (Wildman–Crippen LogP) is 1.72. The van der Waals surface area contributed by atoms with Crippen molar-refractivity contribution in [3.8, 4) is 5.75 Å². The number of carbonyl (C=O) groups is 3. The van der Waals surface area contributed by atoms with E-state index in [0.29, 0.717) is 42.8 Å². The SMILES string of the molecule is CCOc1ccc(CN2CCC(O)(c3ccc4c(n3)CN(C3CCC(=O)NC3=O)C4=O)CC2)cc1. The molecule has 2 aromatic rings. The summed E-state index contributed by atoms with van der Waals surface area (Å²) >= 11 is 0. The molecular weight excluding hydrogens is 448 g/mol. The van der Waals surface area contributed by atoms with Gasteiger partial charge in [-0.1, -0.05) is 12.1 Å². The maximum Gasteiger partial charge on any atom is 0.256 e. The molecule has 2 fully saturated rings. The normalized spacial score (nSPS) is 22.2. The minimum Gasteiger partial charge on any atom is -0.494 e. The summed E-state index contributed by atoms with van der Waals surface area (Å²) in [6, 6.07) is 10.9. The summed E-state index contributed by atoms with van der Waals surface area (Å²) in [7, 11) is 0. The molecule has 0 bridgehead atoms. The standard InChI is InChI=1S/C26H30N4O5/c1-2-35-18-5-3-17(4-6-18)15-29-13-11-26(34,12-14-29)22-9-7-19-20(27-22)16-30(25(19)33)21-8-10-23(31)28-24(21)32/h3-7,9,21,34H,2,8,10-16H2,1H3,(H,28,31,32). The highest BCUT2D eigenvalue weighted by molar-refractivity contribution is 6.05. The molecule has 35 heavy (non-hydrogen) atoms. The lowest BCUT2D eigenvalue weighted by molar-refractivity contribution is -0.136. The second-order valence-corrected chi connectivity index (χ2v) is 9.48. The van der Waals surface area contributed by atoms with Gasteiger partial charge in [0.1, 0.15) is 17.4 Å². The summed E-state index contributed by atoms with van der Waals surface area (Å²) in [6.45, 7) is 5.06. The van der Waals surface area contributed by atoms with Crippen LogP contribution >= 0.6 is 0 Å². The van der Waals surface area contributed by atoms with Crippen molar-refractivity contribution >= 4 is 17.7 Å². The number of pyridine rings is 1. The van der Waals surface area contributed by atoms with E-state index in [1.165, 1.54) is 10.5 Å². The van der Waals surface area contributed by atoms with Crippen LogP contribution in [0.25, 0.3) is 0 Å². The summed E-state index contributed by atoms with van der Waals surface area (Å²) < 4.78 is 5.51. The monoisotopic (exact) mass is 478 g/mol. The van der Waals surface area contributed by atoms with Gasteiger partial charge in [-0.3, -0.25) is 29.6 Å². The number of fused-ring (bicyclic) bond motifs is 1. The molecule has 9 heteroatoms. The number of aromatic nitrogens is 1. The van der Waals surface area contributed by atoms with Crippen molar-refractivity contribution in [2.24, 2.45) is 0 Å². The number of hydrogen-bond donors (Lipinski definition) is 2. The van der Waals surface area contributed by atoms with Crippen LogP contribution in [-0.4, -0.2) is 63.4 Å². The van der Waals surface area contributed by atoms with Gasteiger partial charge in [0, 0.05) is 26.1 Å². The molecule has 5 rings (SSSR count). The van der Waals surface area contributed by atoms with E-state index in [1.807, 2.05) is 19.1 Å². The maximum absolute atomic E-state index is 12.9. The van der Waals surface area contributed by atoms with Gasteiger partial charge in [0.15, 0.2) is 0 Å². The Balaban J connectivity index is 1.23. The van der Waals surface area contributed by atoms with Crippen LogP contribution in [0.5, 0.6) is 5.75 Å². The molecule has 0 spiro atoms. The van der Waals surface area contributed by atoms with Gasteiger partial charge in [0.2, 0.25) is 11.8 Å². The third kappa shape index (κ3) is 4.66. The quantitative estimate of drug-likeness (QED) is 0.608. The molecule has 0 saturated carbocycles. The highest BCUT2D eigenvalue weighted by Gasteiger charge is 2.41. The second-order valence-electron chi connectivity index (χ2n) is 9.48. The minimum absolute atomic E-state index is 0.203. The van der Waals surface area contributed by atoms with Crippen LogP contribution < -0.4 is 10.1 Å². The number of hydrogen-bond acceptors (Lipinski definition) is 7. The van der Waals surface area contributed by atoms with E-state index in [-0.39, 0.29) is 24.8 Å². The summed E-state index contributed by atoms with van der Waals surface area (Å²) in [6.07, 6.45) is 1.61. The predicted molar refractivity (Wildman–Crippen MR) is 126 cm³/mol. The number of amides is 3. The van der Waals surface area contributed by atoms with Gasteiger partial charge in [0.25, 0.3) is 5.91 Å². The van der Waals surface area contributed by atoms with Crippen LogP contribution in [0.4, 0.5) is 0 Å². The molecule has 1 aromatic carbocycles. The number of imide groups is 1. The number of benzene rings is 1. The van der Waals surface area contributed by atoms with E-state index in [1.54, 1.807) is 12.1 Å². The smallest absolute Gasteiger partial charge is 0.256 e. The van der Waals surface area contributed by atoms with Crippen LogP contribution in [0.2, 0.25) is 0 Å². The topological polar surface area (TPSA) is 112 Å². The lowest BCUT2D eigenvalue weighted by Gasteiger charge is -2.38.